The predicted octanol–water partition coefficient (Wildman–Crippen LogP) is 1.25. The molecule has 1 aliphatic heterocycles. The lowest BCUT2D eigenvalue weighted by molar-refractivity contribution is 0.0464. The molecule has 1 aromatic carbocycles. The molecule has 1 saturated heterocycles. The molecule has 2 rings (SSSR count). The zero-order chi connectivity index (χ0) is 15.0. The first-order valence-corrected chi connectivity index (χ1v) is 8.87. The molecule has 7 heteroatoms. The number of hydrogen-bond acceptors (Lipinski definition) is 5. The molecule has 1 aromatic rings. The standard InChI is InChI=1S/C13H18BrNO4S/c1-19-9-2-3-11(14)10(6-9)12(16)13(7-15)4-5-20(17,18)8-13/h2-3,6,12,16H,4-5,7-8,15H2,1H3. The minimum Gasteiger partial charge on any atom is -0.497 e. The largest absolute Gasteiger partial charge is 0.497 e. The zero-order valence-electron chi connectivity index (χ0n) is 11.2. The quantitative estimate of drug-likeness (QED) is 0.840. The summed E-state index contributed by atoms with van der Waals surface area (Å²) in [4.78, 5) is 0. The zero-order valence-corrected chi connectivity index (χ0v) is 13.6. The van der Waals surface area contributed by atoms with Crippen molar-refractivity contribution in [2.75, 3.05) is 25.2 Å². The molecular weight excluding hydrogens is 346 g/mol. The topological polar surface area (TPSA) is 89.6 Å². The molecule has 1 fully saturated rings. The summed E-state index contributed by atoms with van der Waals surface area (Å²) in [5, 5.41) is 10.7. The van der Waals surface area contributed by atoms with E-state index in [1.165, 1.54) is 7.11 Å². The first kappa shape index (κ1) is 15.8. The van der Waals surface area contributed by atoms with Crippen LogP contribution in [0.4, 0.5) is 0 Å². The van der Waals surface area contributed by atoms with Crippen molar-refractivity contribution in [1.82, 2.24) is 0 Å². The van der Waals surface area contributed by atoms with E-state index in [2.05, 4.69) is 15.9 Å². The summed E-state index contributed by atoms with van der Waals surface area (Å²) in [5.41, 5.74) is 5.56. The number of benzene rings is 1. The Morgan fingerprint density at radius 3 is 2.75 bits per heavy atom. The fraction of sp³-hybridized carbons (Fsp3) is 0.538. The number of halogens is 1. The number of sulfone groups is 1. The first-order valence-electron chi connectivity index (χ1n) is 6.25. The molecule has 0 aromatic heterocycles. The molecule has 0 bridgehead atoms. The summed E-state index contributed by atoms with van der Waals surface area (Å²) in [6.45, 7) is 0.122. The molecule has 0 radical (unpaired) electrons. The van der Waals surface area contributed by atoms with Gasteiger partial charge < -0.3 is 15.6 Å². The van der Waals surface area contributed by atoms with Crippen LogP contribution in [0.5, 0.6) is 5.75 Å². The SMILES string of the molecule is COc1ccc(Br)c(C(O)C2(CN)CCS(=O)(=O)C2)c1. The van der Waals surface area contributed by atoms with Crippen molar-refractivity contribution in [3.05, 3.63) is 28.2 Å². The third-order valence-corrected chi connectivity index (χ3v) is 6.47. The number of ether oxygens (including phenoxy) is 1. The number of rotatable bonds is 4. The van der Waals surface area contributed by atoms with Crippen LogP contribution in [0.2, 0.25) is 0 Å². The van der Waals surface area contributed by atoms with E-state index in [0.717, 1.165) is 0 Å². The van der Waals surface area contributed by atoms with Crippen LogP contribution in [0, 0.1) is 5.41 Å². The van der Waals surface area contributed by atoms with Crippen LogP contribution < -0.4 is 10.5 Å². The van der Waals surface area contributed by atoms with Gasteiger partial charge >= 0.3 is 0 Å². The summed E-state index contributed by atoms with van der Waals surface area (Å²) < 4.78 is 29.4. The van der Waals surface area contributed by atoms with Crippen LogP contribution in [0.3, 0.4) is 0 Å². The van der Waals surface area contributed by atoms with Crippen molar-refractivity contribution in [3.8, 4) is 5.75 Å². The third kappa shape index (κ3) is 2.86. The normalized spacial score (nSPS) is 26.4. The molecule has 112 valence electrons. The van der Waals surface area contributed by atoms with Gasteiger partial charge in [0.2, 0.25) is 0 Å². The van der Waals surface area contributed by atoms with Crippen molar-refractivity contribution in [1.29, 1.82) is 0 Å². The Balaban J connectivity index is 2.41. The molecular formula is C13H18BrNO4S. The average Bonchev–Trinajstić information content (AvgIpc) is 2.75. The molecule has 3 N–H and O–H groups in total. The second kappa shape index (κ2) is 5.63. The fourth-order valence-electron chi connectivity index (χ4n) is 2.62. The van der Waals surface area contributed by atoms with Gasteiger partial charge in [-0.1, -0.05) is 15.9 Å². The van der Waals surface area contributed by atoms with Gasteiger partial charge in [0.15, 0.2) is 9.84 Å². The average molecular weight is 364 g/mol. The van der Waals surface area contributed by atoms with Crippen molar-refractivity contribution in [2.45, 2.75) is 12.5 Å². The maximum Gasteiger partial charge on any atom is 0.151 e. The summed E-state index contributed by atoms with van der Waals surface area (Å²) in [6.07, 6.45) is -0.578. The number of hydrogen-bond donors (Lipinski definition) is 2. The Kier molecular flexibility index (Phi) is 4.44. The molecule has 2 unspecified atom stereocenters. The minimum atomic E-state index is -3.13. The predicted molar refractivity (Wildman–Crippen MR) is 80.4 cm³/mol. The second-order valence-corrected chi connectivity index (χ2v) is 8.24. The summed E-state index contributed by atoms with van der Waals surface area (Å²) in [5.74, 6) is 0.597. The Bertz CT molecular complexity index is 604. The highest BCUT2D eigenvalue weighted by molar-refractivity contribution is 9.10. The maximum atomic E-state index is 11.7. The highest BCUT2D eigenvalue weighted by Crippen LogP contribution is 2.45. The molecule has 0 amide bonds. The van der Waals surface area contributed by atoms with E-state index in [9.17, 15) is 13.5 Å². The summed E-state index contributed by atoms with van der Waals surface area (Å²) >= 11 is 3.38. The van der Waals surface area contributed by atoms with E-state index in [-0.39, 0.29) is 18.1 Å². The van der Waals surface area contributed by atoms with Crippen molar-refractivity contribution < 1.29 is 18.3 Å². The van der Waals surface area contributed by atoms with E-state index in [1.807, 2.05) is 0 Å². The van der Waals surface area contributed by atoms with Gasteiger partial charge in [-0.15, -0.1) is 0 Å². The highest BCUT2D eigenvalue weighted by Gasteiger charge is 2.47. The van der Waals surface area contributed by atoms with E-state index >= 15 is 0 Å². The van der Waals surface area contributed by atoms with Gasteiger partial charge in [0.1, 0.15) is 5.75 Å². The highest BCUT2D eigenvalue weighted by atomic mass is 79.9. The molecule has 1 aliphatic rings. The fourth-order valence-corrected chi connectivity index (χ4v) is 5.24. The lowest BCUT2D eigenvalue weighted by atomic mass is 9.78. The van der Waals surface area contributed by atoms with Crippen molar-refractivity contribution in [2.24, 2.45) is 11.1 Å². The molecule has 0 saturated carbocycles. The minimum absolute atomic E-state index is 0.0723. The van der Waals surface area contributed by atoms with Gasteiger partial charge in [-0.3, -0.25) is 0 Å². The van der Waals surface area contributed by atoms with Gasteiger partial charge in [-0.25, -0.2) is 8.42 Å². The molecule has 5 nitrogen and oxygen atoms in total. The van der Waals surface area contributed by atoms with E-state index in [0.29, 0.717) is 22.2 Å². The first-order chi connectivity index (χ1) is 9.33. The van der Waals surface area contributed by atoms with E-state index in [4.69, 9.17) is 10.5 Å². The lowest BCUT2D eigenvalue weighted by Crippen LogP contribution is -2.38. The van der Waals surface area contributed by atoms with Gasteiger partial charge in [0.05, 0.1) is 24.7 Å². The van der Waals surface area contributed by atoms with Gasteiger partial charge in [0.25, 0.3) is 0 Å². The number of methoxy groups -OCH3 is 1. The molecule has 1 heterocycles. The van der Waals surface area contributed by atoms with Gasteiger partial charge in [-0.05, 0) is 30.2 Å². The van der Waals surface area contributed by atoms with Gasteiger partial charge in [0, 0.05) is 16.4 Å². The van der Waals surface area contributed by atoms with Crippen LogP contribution in [-0.2, 0) is 9.84 Å². The van der Waals surface area contributed by atoms with E-state index in [1.54, 1.807) is 18.2 Å². The monoisotopic (exact) mass is 363 g/mol. The van der Waals surface area contributed by atoms with Crippen molar-refractivity contribution >= 4 is 25.8 Å². The van der Waals surface area contributed by atoms with E-state index < -0.39 is 21.4 Å². The Morgan fingerprint density at radius 2 is 2.25 bits per heavy atom. The van der Waals surface area contributed by atoms with Crippen molar-refractivity contribution in [3.63, 3.8) is 0 Å². The third-order valence-electron chi connectivity index (χ3n) is 3.90. The number of aliphatic hydroxyl groups is 1. The van der Waals surface area contributed by atoms with Crippen LogP contribution in [0.25, 0.3) is 0 Å². The summed E-state index contributed by atoms with van der Waals surface area (Å²) in [6, 6.07) is 5.24. The molecule has 0 spiro atoms. The van der Waals surface area contributed by atoms with Crippen LogP contribution >= 0.6 is 15.9 Å². The Hall–Kier alpha value is -0.630. The van der Waals surface area contributed by atoms with Gasteiger partial charge in [-0.2, -0.15) is 0 Å². The Morgan fingerprint density at radius 1 is 1.55 bits per heavy atom. The maximum absolute atomic E-state index is 11.7. The molecule has 0 aliphatic carbocycles. The molecule has 2 atom stereocenters. The van der Waals surface area contributed by atoms with Crippen LogP contribution in [0.1, 0.15) is 18.1 Å². The summed E-state index contributed by atoms with van der Waals surface area (Å²) in [7, 11) is -1.59. The van der Waals surface area contributed by atoms with Crippen LogP contribution in [-0.4, -0.2) is 38.7 Å². The number of nitrogens with two attached hydrogens (primary N) is 1. The number of aliphatic hydroxyl groups excluding tert-OH is 1. The lowest BCUT2D eigenvalue weighted by Gasteiger charge is -2.32. The second-order valence-electron chi connectivity index (χ2n) is 5.20. The molecule has 20 heavy (non-hydrogen) atoms. The van der Waals surface area contributed by atoms with Crippen LogP contribution in [0.15, 0.2) is 22.7 Å². The smallest absolute Gasteiger partial charge is 0.151 e. The Labute approximate surface area is 127 Å².